The van der Waals surface area contributed by atoms with Crippen molar-refractivity contribution in [1.82, 2.24) is 0 Å². The third kappa shape index (κ3) is 1.10. The number of hydrogen-bond acceptors (Lipinski definition) is 1. The van der Waals surface area contributed by atoms with E-state index >= 15 is 0 Å². The van der Waals surface area contributed by atoms with Crippen LogP contribution in [0.3, 0.4) is 0 Å². The van der Waals surface area contributed by atoms with Crippen LogP contribution < -0.4 is 0 Å². The van der Waals surface area contributed by atoms with Crippen molar-refractivity contribution < 1.29 is 4.79 Å². The first-order valence-electron chi connectivity index (χ1n) is 4.77. The minimum absolute atomic E-state index is 0.0295. The molecule has 0 aliphatic heterocycles. The van der Waals surface area contributed by atoms with E-state index in [9.17, 15) is 4.79 Å². The molecule has 0 spiro atoms. The number of carbonyl (C=O) groups excluding carboxylic acids is 1. The monoisotopic (exact) mass is 168 g/mol. The predicted molar refractivity (Wildman–Crippen MR) is 50.9 cm³/mol. The summed E-state index contributed by atoms with van der Waals surface area (Å²) in [5.74, 6) is 1.57. The molecular weight excluding hydrogens is 148 g/mol. The van der Waals surface area contributed by atoms with Gasteiger partial charge in [-0.1, -0.05) is 41.5 Å². The second-order valence-electron chi connectivity index (χ2n) is 5.44. The van der Waals surface area contributed by atoms with Gasteiger partial charge in [0.05, 0.1) is 0 Å². The van der Waals surface area contributed by atoms with Crippen LogP contribution in [0.25, 0.3) is 0 Å². The van der Waals surface area contributed by atoms with E-state index < -0.39 is 0 Å². The van der Waals surface area contributed by atoms with Crippen LogP contribution in [0.15, 0.2) is 0 Å². The topological polar surface area (TPSA) is 17.1 Å². The van der Waals surface area contributed by atoms with E-state index in [1.807, 2.05) is 20.8 Å². The van der Waals surface area contributed by atoms with E-state index in [1.54, 1.807) is 0 Å². The third-order valence-electron chi connectivity index (χ3n) is 3.70. The highest BCUT2D eigenvalue weighted by Crippen LogP contribution is 2.60. The molecule has 1 fully saturated rings. The van der Waals surface area contributed by atoms with Gasteiger partial charge in [-0.2, -0.15) is 0 Å². The summed E-state index contributed by atoms with van der Waals surface area (Å²) in [6.45, 7) is 12.5. The van der Waals surface area contributed by atoms with E-state index in [1.165, 1.54) is 0 Å². The zero-order valence-electron chi connectivity index (χ0n) is 9.06. The predicted octanol–water partition coefficient (Wildman–Crippen LogP) is 2.89. The molecule has 0 saturated heterocycles. The molecule has 1 nitrogen and oxygen atoms in total. The lowest BCUT2D eigenvalue weighted by molar-refractivity contribution is -0.132. The summed E-state index contributed by atoms with van der Waals surface area (Å²) >= 11 is 0. The van der Waals surface area contributed by atoms with Gasteiger partial charge in [0.25, 0.3) is 0 Å². The smallest absolute Gasteiger partial charge is 0.144 e. The van der Waals surface area contributed by atoms with E-state index in [2.05, 4.69) is 20.8 Å². The summed E-state index contributed by atoms with van der Waals surface area (Å²) < 4.78 is 0. The third-order valence-corrected chi connectivity index (χ3v) is 3.70. The average molecular weight is 168 g/mol. The molecule has 1 aliphatic carbocycles. The Bertz CT molecular complexity index is 202. The van der Waals surface area contributed by atoms with Crippen molar-refractivity contribution in [3.63, 3.8) is 0 Å². The molecular formula is C11H20O. The zero-order valence-corrected chi connectivity index (χ0v) is 9.06. The summed E-state index contributed by atoms with van der Waals surface area (Å²) in [6.07, 6.45) is 0. The minimum Gasteiger partial charge on any atom is -0.298 e. The van der Waals surface area contributed by atoms with Crippen LogP contribution >= 0.6 is 0 Å². The van der Waals surface area contributed by atoms with Crippen LogP contribution in [-0.4, -0.2) is 5.78 Å². The van der Waals surface area contributed by atoms with Crippen molar-refractivity contribution in [2.24, 2.45) is 22.7 Å². The molecule has 1 saturated carbocycles. The van der Waals surface area contributed by atoms with Crippen molar-refractivity contribution in [2.75, 3.05) is 0 Å². The Morgan fingerprint density at radius 2 is 1.50 bits per heavy atom. The average Bonchev–Trinajstić information content (AvgIpc) is 2.39. The second-order valence-corrected chi connectivity index (χ2v) is 5.44. The molecule has 2 unspecified atom stereocenters. The molecule has 1 rings (SSSR count). The number of carbonyl (C=O) groups is 1. The van der Waals surface area contributed by atoms with Crippen molar-refractivity contribution in [3.8, 4) is 0 Å². The first kappa shape index (κ1) is 9.76. The fourth-order valence-corrected chi connectivity index (χ4v) is 2.21. The molecule has 0 radical (unpaired) electrons. The van der Waals surface area contributed by atoms with Crippen molar-refractivity contribution >= 4 is 5.78 Å². The van der Waals surface area contributed by atoms with Gasteiger partial charge in [-0.3, -0.25) is 4.79 Å². The SMILES string of the molecule is CC1C(C)C1(C)C(=O)C(C)(C)C. The van der Waals surface area contributed by atoms with Gasteiger partial charge in [-0.25, -0.2) is 0 Å². The van der Waals surface area contributed by atoms with Crippen LogP contribution in [0.1, 0.15) is 41.5 Å². The Morgan fingerprint density at radius 1 is 1.17 bits per heavy atom. The lowest BCUT2D eigenvalue weighted by atomic mass is 9.80. The molecule has 0 heterocycles. The van der Waals surface area contributed by atoms with E-state index in [-0.39, 0.29) is 10.8 Å². The molecule has 0 aromatic rings. The minimum atomic E-state index is -0.173. The molecule has 2 atom stereocenters. The second kappa shape index (κ2) is 2.34. The number of Topliss-reactive ketones (excluding diaryl/α,β-unsaturated/α-hetero) is 1. The van der Waals surface area contributed by atoms with Crippen LogP contribution in [0.4, 0.5) is 0 Å². The Morgan fingerprint density at radius 3 is 1.58 bits per heavy atom. The summed E-state index contributed by atoms with van der Waals surface area (Å²) in [4.78, 5) is 12.0. The first-order valence-corrected chi connectivity index (χ1v) is 4.77. The molecule has 70 valence electrons. The molecule has 12 heavy (non-hydrogen) atoms. The van der Waals surface area contributed by atoms with Gasteiger partial charge < -0.3 is 0 Å². The van der Waals surface area contributed by atoms with E-state index in [0.717, 1.165) is 0 Å². The van der Waals surface area contributed by atoms with Gasteiger partial charge in [0.2, 0.25) is 0 Å². The van der Waals surface area contributed by atoms with Crippen LogP contribution in [-0.2, 0) is 4.79 Å². The Balaban J connectivity index is 2.81. The Labute approximate surface area is 75.5 Å². The summed E-state index contributed by atoms with van der Waals surface area (Å²) in [5.41, 5.74) is -0.202. The largest absolute Gasteiger partial charge is 0.298 e. The van der Waals surface area contributed by atoms with Crippen molar-refractivity contribution in [3.05, 3.63) is 0 Å². The van der Waals surface area contributed by atoms with Gasteiger partial charge >= 0.3 is 0 Å². The van der Waals surface area contributed by atoms with Gasteiger partial charge in [-0.05, 0) is 11.8 Å². The quantitative estimate of drug-likeness (QED) is 0.588. The molecule has 0 aromatic carbocycles. The number of ketones is 1. The maximum Gasteiger partial charge on any atom is 0.144 e. The highest BCUT2D eigenvalue weighted by atomic mass is 16.1. The van der Waals surface area contributed by atoms with Crippen LogP contribution in [0.5, 0.6) is 0 Å². The van der Waals surface area contributed by atoms with Crippen molar-refractivity contribution in [2.45, 2.75) is 41.5 Å². The lowest BCUT2D eigenvalue weighted by Crippen LogP contribution is -2.29. The molecule has 0 aromatic heterocycles. The Kier molecular flexibility index (Phi) is 1.90. The van der Waals surface area contributed by atoms with E-state index in [4.69, 9.17) is 0 Å². The first-order chi connectivity index (χ1) is 5.22. The van der Waals surface area contributed by atoms with Gasteiger partial charge in [-0.15, -0.1) is 0 Å². The Hall–Kier alpha value is -0.330. The molecule has 0 bridgehead atoms. The van der Waals surface area contributed by atoms with E-state index in [0.29, 0.717) is 17.6 Å². The fourth-order valence-electron chi connectivity index (χ4n) is 2.21. The highest BCUT2D eigenvalue weighted by molar-refractivity contribution is 5.92. The standard InChI is InChI=1S/C11H20O/c1-7-8(2)11(7,6)9(12)10(3,4)5/h7-8H,1-6H3. The van der Waals surface area contributed by atoms with Crippen molar-refractivity contribution in [1.29, 1.82) is 0 Å². The van der Waals surface area contributed by atoms with Gasteiger partial charge in [0.1, 0.15) is 5.78 Å². The molecule has 1 heteroatoms. The summed E-state index contributed by atoms with van der Waals surface area (Å²) in [7, 11) is 0. The zero-order chi connectivity index (χ0) is 9.73. The maximum atomic E-state index is 12.0. The number of hydrogen-bond donors (Lipinski definition) is 0. The van der Waals surface area contributed by atoms with Gasteiger partial charge in [0.15, 0.2) is 0 Å². The molecule has 0 N–H and O–H groups in total. The normalized spacial score (nSPS) is 41.2. The number of rotatable bonds is 1. The maximum absolute atomic E-state index is 12.0. The lowest BCUT2D eigenvalue weighted by Gasteiger charge is -2.22. The van der Waals surface area contributed by atoms with Gasteiger partial charge in [0, 0.05) is 10.8 Å². The molecule has 1 aliphatic rings. The molecule has 0 amide bonds. The van der Waals surface area contributed by atoms with Crippen LogP contribution in [0, 0.1) is 22.7 Å². The van der Waals surface area contributed by atoms with Crippen LogP contribution in [0.2, 0.25) is 0 Å². The summed E-state index contributed by atoms with van der Waals surface area (Å²) in [5, 5.41) is 0. The highest BCUT2D eigenvalue weighted by Gasteiger charge is 2.62. The summed E-state index contributed by atoms with van der Waals surface area (Å²) in [6, 6.07) is 0. The fraction of sp³-hybridized carbons (Fsp3) is 0.909.